The zero-order valence-corrected chi connectivity index (χ0v) is 15.8. The van der Waals surface area contributed by atoms with Crippen molar-refractivity contribution in [3.05, 3.63) is 53.0 Å². The van der Waals surface area contributed by atoms with E-state index in [-0.39, 0.29) is 0 Å². The first-order chi connectivity index (χ1) is 12.5. The van der Waals surface area contributed by atoms with Gasteiger partial charge in [-0.3, -0.25) is 4.99 Å². The van der Waals surface area contributed by atoms with Gasteiger partial charge >= 0.3 is 5.97 Å². The standard InChI is InChI=1S/C19H25N3O4/c1-13-17(18(23)25-5)10-16(26-13)11-21-19(20-2)22(3)12-14-6-8-15(24-4)9-7-14/h6-10H,11-12H2,1-5H3,(H,20,21). The molecule has 1 aromatic heterocycles. The molecule has 0 aliphatic rings. The molecule has 0 aliphatic carbocycles. The molecular formula is C19H25N3O4. The van der Waals surface area contributed by atoms with Gasteiger partial charge in [-0.05, 0) is 30.7 Å². The van der Waals surface area contributed by atoms with Gasteiger partial charge < -0.3 is 24.1 Å². The van der Waals surface area contributed by atoms with Gasteiger partial charge in [-0.25, -0.2) is 4.79 Å². The first kappa shape index (κ1) is 19.4. The molecule has 0 amide bonds. The molecule has 1 aromatic carbocycles. The van der Waals surface area contributed by atoms with Gasteiger partial charge in [-0.1, -0.05) is 12.1 Å². The molecule has 0 saturated carbocycles. The van der Waals surface area contributed by atoms with Gasteiger partial charge in [0.15, 0.2) is 5.96 Å². The summed E-state index contributed by atoms with van der Waals surface area (Å²) in [5, 5.41) is 3.23. The minimum Gasteiger partial charge on any atom is -0.497 e. The highest BCUT2D eigenvalue weighted by atomic mass is 16.5. The molecule has 7 nitrogen and oxygen atoms in total. The predicted octanol–water partition coefficient (Wildman–Crippen LogP) is 2.59. The number of esters is 1. The Hall–Kier alpha value is -2.96. The van der Waals surface area contributed by atoms with E-state index in [2.05, 4.69) is 10.3 Å². The van der Waals surface area contributed by atoms with Gasteiger partial charge in [-0.2, -0.15) is 0 Å². The van der Waals surface area contributed by atoms with Crippen LogP contribution in [0.2, 0.25) is 0 Å². The fourth-order valence-corrected chi connectivity index (χ4v) is 2.57. The van der Waals surface area contributed by atoms with Crippen molar-refractivity contribution >= 4 is 11.9 Å². The van der Waals surface area contributed by atoms with Crippen LogP contribution in [0.1, 0.15) is 27.4 Å². The van der Waals surface area contributed by atoms with Gasteiger partial charge in [0.1, 0.15) is 22.8 Å². The van der Waals surface area contributed by atoms with Crippen LogP contribution < -0.4 is 10.1 Å². The highest BCUT2D eigenvalue weighted by Gasteiger charge is 2.16. The third-order valence-corrected chi connectivity index (χ3v) is 3.95. The Balaban J connectivity index is 1.97. The van der Waals surface area contributed by atoms with Gasteiger partial charge in [0, 0.05) is 20.6 Å². The maximum atomic E-state index is 11.7. The summed E-state index contributed by atoms with van der Waals surface area (Å²) in [4.78, 5) is 17.9. The Morgan fingerprint density at radius 1 is 1.27 bits per heavy atom. The highest BCUT2D eigenvalue weighted by Crippen LogP contribution is 2.16. The zero-order chi connectivity index (χ0) is 19.1. The molecule has 26 heavy (non-hydrogen) atoms. The van der Waals surface area contributed by atoms with E-state index in [1.54, 1.807) is 27.1 Å². The maximum Gasteiger partial charge on any atom is 0.341 e. The van der Waals surface area contributed by atoms with Crippen molar-refractivity contribution in [1.29, 1.82) is 0 Å². The van der Waals surface area contributed by atoms with Crippen LogP contribution in [0.15, 0.2) is 39.7 Å². The van der Waals surface area contributed by atoms with E-state index in [1.165, 1.54) is 7.11 Å². The number of guanidine groups is 1. The van der Waals surface area contributed by atoms with E-state index >= 15 is 0 Å². The molecule has 2 rings (SSSR count). The van der Waals surface area contributed by atoms with E-state index in [1.807, 2.05) is 36.2 Å². The van der Waals surface area contributed by atoms with Crippen LogP contribution in [-0.4, -0.2) is 45.1 Å². The molecule has 0 spiro atoms. The lowest BCUT2D eigenvalue weighted by molar-refractivity contribution is 0.0599. The zero-order valence-electron chi connectivity index (χ0n) is 15.8. The van der Waals surface area contributed by atoms with E-state index in [9.17, 15) is 4.79 Å². The minimum absolute atomic E-state index is 0.404. The quantitative estimate of drug-likeness (QED) is 0.485. The Labute approximate surface area is 153 Å². The Morgan fingerprint density at radius 3 is 2.54 bits per heavy atom. The molecule has 0 fully saturated rings. The van der Waals surface area contributed by atoms with Crippen LogP contribution in [0, 0.1) is 6.92 Å². The Morgan fingerprint density at radius 2 is 1.96 bits per heavy atom. The summed E-state index contributed by atoms with van der Waals surface area (Å²) in [6.07, 6.45) is 0. The molecule has 7 heteroatoms. The normalized spacial score (nSPS) is 11.2. The summed E-state index contributed by atoms with van der Waals surface area (Å²) in [5.74, 6) is 2.32. The third kappa shape index (κ3) is 4.78. The maximum absolute atomic E-state index is 11.7. The number of methoxy groups -OCH3 is 2. The topological polar surface area (TPSA) is 76.3 Å². The molecule has 0 bridgehead atoms. The smallest absolute Gasteiger partial charge is 0.341 e. The molecule has 2 aromatic rings. The van der Waals surface area contributed by atoms with Crippen LogP contribution in [0.3, 0.4) is 0 Å². The van der Waals surface area contributed by atoms with E-state index < -0.39 is 5.97 Å². The second-order valence-electron chi connectivity index (χ2n) is 5.78. The lowest BCUT2D eigenvalue weighted by Crippen LogP contribution is -2.37. The average Bonchev–Trinajstić information content (AvgIpc) is 3.02. The fraction of sp³-hybridized carbons (Fsp3) is 0.368. The number of rotatable bonds is 6. The van der Waals surface area contributed by atoms with Gasteiger partial charge in [0.2, 0.25) is 0 Å². The Kier molecular flexibility index (Phi) is 6.66. The lowest BCUT2D eigenvalue weighted by Gasteiger charge is -2.22. The second kappa shape index (κ2) is 8.94. The van der Waals surface area contributed by atoms with Crippen LogP contribution in [0.25, 0.3) is 0 Å². The summed E-state index contributed by atoms with van der Waals surface area (Å²) in [6.45, 7) is 2.84. The first-order valence-corrected chi connectivity index (χ1v) is 8.20. The van der Waals surface area contributed by atoms with Crippen molar-refractivity contribution in [3.8, 4) is 5.75 Å². The number of aliphatic imine (C=N–C) groups is 1. The number of nitrogens with one attached hydrogen (secondary N) is 1. The van der Waals surface area contributed by atoms with E-state index in [0.29, 0.717) is 30.2 Å². The molecule has 1 heterocycles. The van der Waals surface area contributed by atoms with Gasteiger partial charge in [0.05, 0.1) is 20.8 Å². The minimum atomic E-state index is -0.404. The predicted molar refractivity (Wildman–Crippen MR) is 99.4 cm³/mol. The number of hydrogen-bond acceptors (Lipinski definition) is 5. The van der Waals surface area contributed by atoms with E-state index in [0.717, 1.165) is 17.3 Å². The molecule has 0 aliphatic heterocycles. The molecule has 0 saturated heterocycles. The van der Waals surface area contributed by atoms with Crippen LogP contribution >= 0.6 is 0 Å². The SMILES string of the molecule is CN=C(NCc1cc(C(=O)OC)c(C)o1)N(C)Cc1ccc(OC)cc1. The fourth-order valence-electron chi connectivity index (χ4n) is 2.57. The second-order valence-corrected chi connectivity index (χ2v) is 5.78. The molecule has 0 radical (unpaired) electrons. The molecule has 140 valence electrons. The van der Waals surface area contributed by atoms with Crippen molar-refractivity contribution < 1.29 is 18.7 Å². The number of aryl methyl sites for hydroxylation is 1. The highest BCUT2D eigenvalue weighted by molar-refractivity contribution is 5.90. The van der Waals surface area contributed by atoms with Crippen molar-refractivity contribution in [1.82, 2.24) is 10.2 Å². The van der Waals surface area contributed by atoms with Crippen molar-refractivity contribution in [2.24, 2.45) is 4.99 Å². The van der Waals surface area contributed by atoms with Crippen LogP contribution in [0.5, 0.6) is 5.75 Å². The number of hydrogen-bond donors (Lipinski definition) is 1. The van der Waals surface area contributed by atoms with Gasteiger partial charge in [-0.15, -0.1) is 0 Å². The van der Waals surface area contributed by atoms with Crippen molar-refractivity contribution in [3.63, 3.8) is 0 Å². The largest absolute Gasteiger partial charge is 0.497 e. The van der Waals surface area contributed by atoms with Crippen LogP contribution in [-0.2, 0) is 17.8 Å². The molecule has 0 atom stereocenters. The molecular weight excluding hydrogens is 334 g/mol. The van der Waals surface area contributed by atoms with Gasteiger partial charge in [0.25, 0.3) is 0 Å². The summed E-state index contributed by atoms with van der Waals surface area (Å²) >= 11 is 0. The average molecular weight is 359 g/mol. The first-order valence-electron chi connectivity index (χ1n) is 8.20. The lowest BCUT2D eigenvalue weighted by atomic mass is 10.2. The summed E-state index contributed by atoms with van der Waals surface area (Å²) < 4.78 is 15.5. The monoisotopic (exact) mass is 359 g/mol. The molecule has 0 unspecified atom stereocenters. The summed E-state index contributed by atoms with van der Waals surface area (Å²) in [5.41, 5.74) is 1.57. The third-order valence-electron chi connectivity index (χ3n) is 3.95. The van der Waals surface area contributed by atoms with Crippen molar-refractivity contribution in [2.75, 3.05) is 28.3 Å². The number of ether oxygens (including phenoxy) is 2. The summed E-state index contributed by atoms with van der Waals surface area (Å²) in [6, 6.07) is 9.58. The van der Waals surface area contributed by atoms with E-state index in [4.69, 9.17) is 13.9 Å². The summed E-state index contributed by atoms with van der Waals surface area (Å²) in [7, 11) is 6.67. The Bertz CT molecular complexity index is 766. The van der Waals surface area contributed by atoms with Crippen molar-refractivity contribution in [2.45, 2.75) is 20.0 Å². The number of nitrogens with zero attached hydrogens (tertiary/aromatic N) is 2. The number of benzene rings is 1. The number of carbonyl (C=O) groups excluding carboxylic acids is 1. The number of furan rings is 1. The number of carbonyl (C=O) groups is 1. The molecule has 1 N–H and O–H groups in total. The van der Waals surface area contributed by atoms with Crippen LogP contribution in [0.4, 0.5) is 0 Å².